The van der Waals surface area contributed by atoms with Crippen LogP contribution < -0.4 is 0 Å². The molecule has 0 aromatic heterocycles. The fourth-order valence-corrected chi connectivity index (χ4v) is 1.35. The highest BCUT2D eigenvalue weighted by molar-refractivity contribution is 5.41. The number of hydrogen-bond acceptors (Lipinski definition) is 0. The van der Waals surface area contributed by atoms with Crippen molar-refractivity contribution in [2.24, 2.45) is 0 Å². The summed E-state index contributed by atoms with van der Waals surface area (Å²) in [7, 11) is 0. The molecule has 7 heteroatoms. The molecule has 1 nitrogen and oxygen atoms in total. The first-order valence-electron chi connectivity index (χ1n) is 4.50. The standard InChI is InChI=1S/C10H7F6O/c11-9(12,13)4-6-2-1-3-7(8(6)17)5-10(14,15)16/h1-3H,4-5H2. The lowest BCUT2D eigenvalue weighted by atomic mass is 10.0. The van der Waals surface area contributed by atoms with E-state index in [4.69, 9.17) is 0 Å². The molecule has 0 fully saturated rings. The molecule has 1 radical (unpaired) electrons. The van der Waals surface area contributed by atoms with Gasteiger partial charge in [0, 0.05) is 11.1 Å². The highest BCUT2D eigenvalue weighted by Crippen LogP contribution is 2.33. The summed E-state index contributed by atoms with van der Waals surface area (Å²) in [4.78, 5) is 0. The monoisotopic (exact) mass is 257 g/mol. The third kappa shape index (κ3) is 4.54. The summed E-state index contributed by atoms with van der Waals surface area (Å²) in [5.41, 5.74) is -1.33. The van der Waals surface area contributed by atoms with Gasteiger partial charge in [0.05, 0.1) is 12.8 Å². The van der Waals surface area contributed by atoms with E-state index in [-0.39, 0.29) is 0 Å². The topological polar surface area (TPSA) is 19.9 Å². The Morgan fingerprint density at radius 1 is 0.824 bits per heavy atom. The summed E-state index contributed by atoms with van der Waals surface area (Å²) < 4.78 is 72.2. The predicted molar refractivity (Wildman–Crippen MR) is 46.1 cm³/mol. The summed E-state index contributed by atoms with van der Waals surface area (Å²) in [5.74, 6) is -1.19. The zero-order valence-electron chi connectivity index (χ0n) is 8.32. The Bertz CT molecular complexity index is 359. The van der Waals surface area contributed by atoms with Crippen molar-refractivity contribution in [2.45, 2.75) is 25.2 Å². The fourth-order valence-electron chi connectivity index (χ4n) is 1.35. The lowest BCUT2D eigenvalue weighted by Gasteiger charge is -2.11. The van der Waals surface area contributed by atoms with Crippen LogP contribution in [-0.2, 0) is 17.9 Å². The van der Waals surface area contributed by atoms with E-state index < -0.39 is 42.1 Å². The van der Waals surface area contributed by atoms with Gasteiger partial charge in [-0.2, -0.15) is 26.3 Å². The summed E-state index contributed by atoms with van der Waals surface area (Å²) in [6.07, 6.45) is -12.3. The Balaban J connectivity index is 3.00. The Morgan fingerprint density at radius 2 is 1.18 bits per heavy atom. The third-order valence-corrected chi connectivity index (χ3v) is 1.96. The molecule has 0 aliphatic rings. The second-order valence-corrected chi connectivity index (χ2v) is 3.49. The van der Waals surface area contributed by atoms with Gasteiger partial charge in [-0.25, -0.2) is 0 Å². The molecule has 0 unspecified atom stereocenters. The van der Waals surface area contributed by atoms with Crippen LogP contribution in [0.25, 0.3) is 0 Å². The van der Waals surface area contributed by atoms with E-state index in [1.807, 2.05) is 0 Å². The van der Waals surface area contributed by atoms with Gasteiger partial charge in [0.15, 0.2) is 5.75 Å². The second kappa shape index (κ2) is 4.46. The molecular formula is C10H7F6O. The van der Waals surface area contributed by atoms with Gasteiger partial charge in [-0.15, -0.1) is 0 Å². The van der Waals surface area contributed by atoms with E-state index in [0.29, 0.717) is 0 Å². The minimum atomic E-state index is -4.62. The highest BCUT2D eigenvalue weighted by Gasteiger charge is 2.33. The quantitative estimate of drug-likeness (QED) is 0.712. The van der Waals surface area contributed by atoms with E-state index in [9.17, 15) is 31.4 Å². The number of benzene rings is 1. The van der Waals surface area contributed by atoms with Crippen LogP contribution in [0.5, 0.6) is 5.75 Å². The Morgan fingerprint density at radius 3 is 1.47 bits per heavy atom. The van der Waals surface area contributed by atoms with Crippen molar-refractivity contribution >= 4 is 0 Å². The average molecular weight is 257 g/mol. The van der Waals surface area contributed by atoms with Crippen molar-refractivity contribution < 1.29 is 31.4 Å². The van der Waals surface area contributed by atoms with E-state index >= 15 is 0 Å². The molecule has 0 amide bonds. The fraction of sp³-hybridized carbons (Fsp3) is 0.400. The third-order valence-electron chi connectivity index (χ3n) is 1.96. The molecule has 0 atom stereocenters. The maximum atomic E-state index is 12.0. The lowest BCUT2D eigenvalue weighted by molar-refractivity contribution is -0.128. The van der Waals surface area contributed by atoms with E-state index in [0.717, 1.165) is 18.2 Å². The molecule has 0 bridgehead atoms. The highest BCUT2D eigenvalue weighted by atomic mass is 19.4. The number of halogens is 6. The summed E-state index contributed by atoms with van der Waals surface area (Å²) in [6.45, 7) is 0. The first-order valence-corrected chi connectivity index (χ1v) is 4.50. The molecule has 17 heavy (non-hydrogen) atoms. The van der Waals surface area contributed by atoms with Gasteiger partial charge in [0.25, 0.3) is 0 Å². The van der Waals surface area contributed by atoms with Gasteiger partial charge >= 0.3 is 12.4 Å². The SMILES string of the molecule is [O]c1c(CC(F)(F)F)cccc1CC(F)(F)F. The Hall–Kier alpha value is -1.40. The van der Waals surface area contributed by atoms with Crippen molar-refractivity contribution in [3.05, 3.63) is 29.3 Å². The molecule has 0 saturated heterocycles. The molecule has 0 saturated carbocycles. The molecule has 0 spiro atoms. The summed E-state index contributed by atoms with van der Waals surface area (Å²) in [6, 6.07) is 2.79. The first kappa shape index (κ1) is 13.7. The number of hydrogen-bond donors (Lipinski definition) is 0. The van der Waals surface area contributed by atoms with Gasteiger partial charge in [-0.3, -0.25) is 5.11 Å². The van der Waals surface area contributed by atoms with Crippen LogP contribution in [0.2, 0.25) is 0 Å². The molecule has 1 aromatic carbocycles. The average Bonchev–Trinajstić information content (AvgIpc) is 2.07. The van der Waals surface area contributed by atoms with E-state index in [1.165, 1.54) is 0 Å². The molecule has 0 aliphatic carbocycles. The lowest BCUT2D eigenvalue weighted by Crippen LogP contribution is -2.14. The van der Waals surface area contributed by atoms with Crippen molar-refractivity contribution in [3.63, 3.8) is 0 Å². The number of rotatable bonds is 2. The molecular weight excluding hydrogens is 250 g/mol. The van der Waals surface area contributed by atoms with Crippen LogP contribution in [-0.4, -0.2) is 12.4 Å². The van der Waals surface area contributed by atoms with Crippen LogP contribution in [0, 0.1) is 0 Å². The van der Waals surface area contributed by atoms with Crippen LogP contribution >= 0.6 is 0 Å². The molecule has 1 aromatic rings. The largest absolute Gasteiger partial charge is 0.393 e. The minimum absolute atomic E-state index is 0.667. The predicted octanol–water partition coefficient (Wildman–Crippen LogP) is 4.04. The van der Waals surface area contributed by atoms with Crippen molar-refractivity contribution in [2.75, 3.05) is 0 Å². The molecule has 0 heterocycles. The summed E-state index contributed by atoms with van der Waals surface area (Å²) in [5, 5.41) is 11.3. The first-order chi connectivity index (χ1) is 7.58. The second-order valence-electron chi connectivity index (χ2n) is 3.49. The van der Waals surface area contributed by atoms with Gasteiger partial charge < -0.3 is 0 Å². The smallest absolute Gasteiger partial charge is 0.289 e. The number of para-hydroxylation sites is 1. The van der Waals surface area contributed by atoms with E-state index in [2.05, 4.69) is 0 Å². The zero-order chi connectivity index (χ0) is 13.3. The number of alkyl halides is 6. The zero-order valence-corrected chi connectivity index (χ0v) is 8.32. The molecule has 0 aliphatic heterocycles. The molecule has 0 N–H and O–H groups in total. The Kier molecular flexibility index (Phi) is 3.59. The van der Waals surface area contributed by atoms with Crippen LogP contribution in [0.4, 0.5) is 26.3 Å². The maximum absolute atomic E-state index is 12.0. The van der Waals surface area contributed by atoms with Crippen LogP contribution in [0.1, 0.15) is 11.1 Å². The minimum Gasteiger partial charge on any atom is -0.289 e. The van der Waals surface area contributed by atoms with Gasteiger partial charge in [-0.1, -0.05) is 18.2 Å². The maximum Gasteiger partial charge on any atom is 0.393 e. The van der Waals surface area contributed by atoms with Crippen molar-refractivity contribution in [1.29, 1.82) is 0 Å². The van der Waals surface area contributed by atoms with Gasteiger partial charge in [-0.05, 0) is 0 Å². The molecule has 95 valence electrons. The van der Waals surface area contributed by atoms with Crippen molar-refractivity contribution in [3.8, 4) is 5.75 Å². The normalized spacial score (nSPS) is 12.8. The van der Waals surface area contributed by atoms with Crippen molar-refractivity contribution in [1.82, 2.24) is 0 Å². The summed E-state index contributed by atoms with van der Waals surface area (Å²) >= 11 is 0. The van der Waals surface area contributed by atoms with Gasteiger partial charge in [0.1, 0.15) is 0 Å². The van der Waals surface area contributed by atoms with Crippen LogP contribution in [0.15, 0.2) is 18.2 Å². The van der Waals surface area contributed by atoms with Crippen LogP contribution in [0.3, 0.4) is 0 Å². The Labute approximate surface area is 92.7 Å². The van der Waals surface area contributed by atoms with E-state index in [1.54, 1.807) is 0 Å². The molecule has 1 rings (SSSR count). The van der Waals surface area contributed by atoms with Gasteiger partial charge in [0.2, 0.25) is 0 Å².